The first kappa shape index (κ1) is 116. The standard InChI is InChI=1S/C60H74F12O4.C44H38F12N4O12/c1-52(2,3)41-27-36-25-38-29-42(53(4,5)6)32-45(49(38)74-22-14-18-58(64,65)66)56(35-40-31-44(55(10,11)12)34-47(56)51(40)76-24-16-20-60(70,71)72)46-33-43(54(7,8)9)30-39(50(46)75-23-15-19-59(67,68)69)26-37(28-41)48(36)73-21-13-17-57(61,62)63;45-41(46,47)5-1-9-69-36-24-13-26-17-30(58(63)64)20-33(37(26)70-10-2-6-42(48,49)50)40(23-28-19-32(60(67)68)22-35(40)39(28)72-12-4-8-44(54,55)56)34-21-31(59(65)66)18-27(14-25(36)16-29(15-24)57(61)62)38(34)71-11-3-7-43(51,52)53/h27-34H,13-26,35H2,1-12H3;15-22H,1-14,23H2. The van der Waals surface area contributed by atoms with Crippen LogP contribution in [-0.4, -0.2) is 122 Å². The molecule has 0 amide bonds. The number of ether oxygens (including phenoxy) is 8. The molecule has 0 fully saturated rings. The second-order valence-electron chi connectivity index (χ2n) is 41.6. The van der Waals surface area contributed by atoms with E-state index in [-0.39, 0.29) is 79.3 Å². The first-order valence-electron chi connectivity index (χ1n) is 47.6. The third-order valence-corrected chi connectivity index (χ3v) is 25.7. The van der Waals surface area contributed by atoms with Gasteiger partial charge in [-0.15, -0.1) is 0 Å². The van der Waals surface area contributed by atoms with Crippen LogP contribution in [0.15, 0.2) is 97.1 Å². The summed E-state index contributed by atoms with van der Waals surface area (Å²) in [5.74, 6) is -1.09. The number of nitro groups is 4. The predicted octanol–water partition coefficient (Wildman–Crippen LogP) is 30.7. The van der Waals surface area contributed by atoms with Gasteiger partial charge in [-0.2, -0.15) is 105 Å². The van der Waals surface area contributed by atoms with Crippen LogP contribution in [0.25, 0.3) is 0 Å². The fraction of sp³-hybridized carbons (Fsp3) is 0.538. The van der Waals surface area contributed by atoms with Gasteiger partial charge in [0.05, 0.1) is 83.4 Å². The predicted molar refractivity (Wildman–Crippen MR) is 498 cm³/mol. The van der Waals surface area contributed by atoms with E-state index in [1.807, 2.05) is 132 Å². The maximum absolute atomic E-state index is 13.9. The summed E-state index contributed by atoms with van der Waals surface area (Å²) in [7, 11) is 0. The molecule has 8 aromatic rings. The van der Waals surface area contributed by atoms with E-state index in [1.165, 1.54) is 0 Å². The summed E-state index contributed by atoms with van der Waals surface area (Å²) in [5.41, 5.74) is -5.50. The molecule has 0 radical (unpaired) electrons. The molecule has 44 heteroatoms. The van der Waals surface area contributed by atoms with Crippen molar-refractivity contribution in [2.24, 2.45) is 0 Å². The van der Waals surface area contributed by atoms with Crippen LogP contribution in [0.2, 0.25) is 0 Å². The SMILES string of the molecule is CC(C)(C)c1cc2c(OCCCC(F)(F)F)c(c1)Cc1cc(C(C)(C)C)cc(c1OCCCC(F)(F)F)C1(Cc3cc(C(C)(C)C)cc1c3OCCCC(F)(F)F)c1cc(C(C)(C)C)cc(c1OCCCC(F)(F)F)C2.O=[N+]([O-])c1cc2c(OCCCC(F)(F)F)c(c1)Cc1cc([N+](=O)[O-])cc(c1OCCCC(F)(F)F)C1(Cc3cc([N+](=O)[O-])cc1c3OCCCC(F)(F)F)c1cc([N+](=O)[O-])cc(c1OCCCC(F)(F)F)C2. The van der Waals surface area contributed by atoms with Crippen LogP contribution in [0, 0.1) is 40.5 Å². The highest BCUT2D eigenvalue weighted by Gasteiger charge is 2.55. The van der Waals surface area contributed by atoms with Crippen LogP contribution < -0.4 is 37.9 Å². The largest absolute Gasteiger partial charge is 0.493 e. The Morgan fingerprint density at radius 3 is 0.554 bits per heavy atom. The van der Waals surface area contributed by atoms with Crippen LogP contribution in [0.3, 0.4) is 0 Å². The zero-order chi connectivity index (χ0) is 110. The van der Waals surface area contributed by atoms with Crippen molar-refractivity contribution in [1.29, 1.82) is 0 Å². The lowest BCUT2D eigenvalue weighted by Crippen LogP contribution is -2.33. The molecule has 0 unspecified atom stereocenters. The first-order valence-corrected chi connectivity index (χ1v) is 47.6. The van der Waals surface area contributed by atoms with Gasteiger partial charge in [0, 0.05) is 187 Å². The normalized spacial score (nSPS) is 14.6. The van der Waals surface area contributed by atoms with Crippen molar-refractivity contribution < 1.29 is 163 Å². The van der Waals surface area contributed by atoms with Crippen molar-refractivity contribution in [3.8, 4) is 46.0 Å². The van der Waals surface area contributed by atoms with Crippen LogP contribution in [-0.2, 0) is 71.0 Å². The summed E-state index contributed by atoms with van der Waals surface area (Å²) < 4.78 is 377. The number of fused-ring (bicyclic) bond motifs is 22. The minimum absolute atomic E-state index is 0.0285. The lowest BCUT2D eigenvalue weighted by molar-refractivity contribution is -0.385. The summed E-state index contributed by atoms with van der Waals surface area (Å²) >= 11 is 0. The van der Waals surface area contributed by atoms with Crippen LogP contribution in [0.1, 0.15) is 297 Å². The smallest absolute Gasteiger partial charge is 0.389 e. The number of rotatable bonds is 36. The zero-order valence-electron chi connectivity index (χ0n) is 82.8. The topological polar surface area (TPSA) is 246 Å². The van der Waals surface area contributed by atoms with E-state index in [1.54, 1.807) is 0 Å². The van der Waals surface area contributed by atoms with Crippen LogP contribution in [0.5, 0.6) is 46.0 Å². The average Bonchev–Trinajstić information content (AvgIpc) is 1.52. The Labute approximate surface area is 836 Å². The van der Waals surface area contributed by atoms with Crippen molar-refractivity contribution >= 4 is 22.7 Å². The van der Waals surface area contributed by atoms with Gasteiger partial charge in [-0.05, 0) is 136 Å². The lowest BCUT2D eigenvalue weighted by atomic mass is 9.65. The van der Waals surface area contributed by atoms with E-state index in [9.17, 15) is 146 Å². The molecule has 0 saturated carbocycles. The Bertz CT molecular complexity index is 5940. The van der Waals surface area contributed by atoms with Gasteiger partial charge in [0.1, 0.15) is 46.0 Å². The van der Waals surface area contributed by atoms with Gasteiger partial charge < -0.3 is 37.9 Å². The number of nitro benzene ring substituents is 4. The molecule has 812 valence electrons. The number of hydrogen-bond acceptors (Lipinski definition) is 16. The molecule has 0 aromatic heterocycles. The van der Waals surface area contributed by atoms with Gasteiger partial charge in [0.2, 0.25) is 0 Å². The molecule has 8 aromatic carbocycles. The summed E-state index contributed by atoms with van der Waals surface area (Å²) in [6, 6.07) is 22.1. The van der Waals surface area contributed by atoms with Crippen molar-refractivity contribution in [1.82, 2.24) is 0 Å². The molecule has 0 aliphatic heterocycles. The van der Waals surface area contributed by atoms with E-state index < -0.39 is 324 Å². The minimum atomic E-state index is -4.79. The maximum Gasteiger partial charge on any atom is 0.389 e. The third-order valence-electron chi connectivity index (χ3n) is 25.7. The highest BCUT2D eigenvalue weighted by Crippen LogP contribution is 2.64. The number of alkyl halides is 24. The molecule has 0 heterocycles. The molecule has 16 bridgehead atoms. The Morgan fingerprint density at radius 1 is 0.216 bits per heavy atom. The molecule has 4 aliphatic rings. The molecule has 0 saturated heterocycles. The van der Waals surface area contributed by atoms with E-state index in [4.69, 9.17) is 37.9 Å². The summed E-state index contributed by atoms with van der Waals surface area (Å²) in [5, 5.41) is 51.0. The molecule has 20 nitrogen and oxygen atoms in total. The molecule has 148 heavy (non-hydrogen) atoms. The van der Waals surface area contributed by atoms with Crippen LogP contribution >= 0.6 is 0 Å². The highest BCUT2D eigenvalue weighted by molar-refractivity contribution is 5.77. The number of halogens is 24. The summed E-state index contributed by atoms with van der Waals surface area (Å²) in [6.07, 6.45) is -54.3. The second-order valence-corrected chi connectivity index (χ2v) is 41.6. The summed E-state index contributed by atoms with van der Waals surface area (Å²) in [4.78, 5) is 47.1. The minimum Gasteiger partial charge on any atom is -0.493 e. The van der Waals surface area contributed by atoms with Crippen molar-refractivity contribution in [2.45, 2.75) is 306 Å². The molecule has 0 atom stereocenters. The van der Waals surface area contributed by atoms with Gasteiger partial charge in [-0.3, -0.25) is 40.5 Å². The fourth-order valence-corrected chi connectivity index (χ4v) is 18.7. The fourth-order valence-electron chi connectivity index (χ4n) is 18.7. The van der Waals surface area contributed by atoms with Gasteiger partial charge in [-0.25, -0.2) is 0 Å². The van der Waals surface area contributed by atoms with Crippen LogP contribution in [0.4, 0.5) is 128 Å². The van der Waals surface area contributed by atoms with E-state index >= 15 is 0 Å². The number of hydrogen-bond donors (Lipinski definition) is 0. The molecular weight excluding hydrogens is 2020 g/mol. The lowest BCUT2D eigenvalue weighted by Gasteiger charge is -2.39. The molecule has 12 rings (SSSR count). The number of non-ortho nitro benzene ring substituents is 4. The van der Waals surface area contributed by atoms with Gasteiger partial charge in [0.15, 0.2) is 0 Å². The Kier molecular flexibility index (Phi) is 34.8. The highest BCUT2D eigenvalue weighted by atomic mass is 19.4. The number of benzene rings is 8. The van der Waals surface area contributed by atoms with E-state index in [0.717, 1.165) is 70.8 Å². The van der Waals surface area contributed by atoms with Crippen molar-refractivity contribution in [2.75, 3.05) is 52.9 Å². The van der Waals surface area contributed by atoms with Crippen molar-refractivity contribution in [3.63, 3.8) is 0 Å². The van der Waals surface area contributed by atoms with E-state index in [2.05, 4.69) is 0 Å². The Morgan fingerprint density at radius 2 is 0.358 bits per heavy atom. The molecule has 0 N–H and O–H groups in total. The quantitative estimate of drug-likeness (QED) is 0.0153. The monoisotopic (exact) mass is 2130 g/mol. The van der Waals surface area contributed by atoms with E-state index in [0.29, 0.717) is 50.3 Å². The second kappa shape index (κ2) is 44.3. The molecule has 4 aliphatic carbocycles. The van der Waals surface area contributed by atoms with Gasteiger partial charge >= 0.3 is 49.4 Å². The first-order chi connectivity index (χ1) is 68.1. The maximum atomic E-state index is 13.9. The Hall–Kier alpha value is -11.9. The molecular formula is C104H112F24N4O16. The summed E-state index contributed by atoms with van der Waals surface area (Å²) in [6.45, 7) is 19.1. The number of nitrogens with zero attached hydrogens (tertiary/aromatic N) is 4. The van der Waals surface area contributed by atoms with Gasteiger partial charge in [-0.1, -0.05) is 132 Å². The zero-order valence-corrected chi connectivity index (χ0v) is 82.8. The molecule has 2 spiro atoms. The van der Waals surface area contributed by atoms with Crippen molar-refractivity contribution in [3.05, 3.63) is 249 Å². The third kappa shape index (κ3) is 29.8. The van der Waals surface area contributed by atoms with Gasteiger partial charge in [0.25, 0.3) is 22.7 Å². The average molecular weight is 2130 g/mol. The Balaban J connectivity index is 0.000000282.